The molecule has 1 aromatic carbocycles. The molecule has 0 fully saturated rings. The molecule has 0 aromatic heterocycles. The van der Waals surface area contributed by atoms with Crippen LogP contribution < -0.4 is 4.90 Å². The molecule has 0 unspecified atom stereocenters. The number of rotatable bonds is 1. The molecule has 0 spiro atoms. The first-order valence-electron chi connectivity index (χ1n) is 3.03. The summed E-state index contributed by atoms with van der Waals surface area (Å²) < 4.78 is 0. The second kappa shape index (κ2) is 4.72. The van der Waals surface area contributed by atoms with Gasteiger partial charge in [-0.1, -0.05) is 18.2 Å². The molecular formula is C8H11HgN. The van der Waals surface area contributed by atoms with Gasteiger partial charge in [-0.15, -0.1) is 0 Å². The van der Waals surface area contributed by atoms with Crippen molar-refractivity contribution in [1.29, 1.82) is 0 Å². The molecule has 1 nitrogen and oxygen atoms in total. The Balaban J connectivity index is 0.000000810. The molecule has 1 aromatic rings. The van der Waals surface area contributed by atoms with Crippen LogP contribution in [0.1, 0.15) is 0 Å². The fourth-order valence-electron chi connectivity index (χ4n) is 0.726. The number of nitrogens with zero attached hydrogens (tertiary/aromatic N) is 1. The van der Waals surface area contributed by atoms with Crippen molar-refractivity contribution in [1.82, 2.24) is 0 Å². The van der Waals surface area contributed by atoms with Crippen molar-refractivity contribution >= 4 is 5.69 Å². The molecule has 0 N–H and O–H groups in total. The zero-order chi connectivity index (χ0) is 6.69. The van der Waals surface area contributed by atoms with E-state index in [1.165, 1.54) is 5.69 Å². The Morgan fingerprint density at radius 2 is 1.50 bits per heavy atom. The third-order valence-electron chi connectivity index (χ3n) is 1.27. The van der Waals surface area contributed by atoms with Crippen molar-refractivity contribution in [2.45, 2.75) is 0 Å². The number of anilines is 1. The van der Waals surface area contributed by atoms with Crippen molar-refractivity contribution in [3.63, 3.8) is 0 Å². The first kappa shape index (κ1) is 9.96. The standard InChI is InChI=1S/C8H11N.Hg/c1-9(2)8-6-4-3-5-7-8;/h3-7H,1-2H3;. The van der Waals surface area contributed by atoms with Gasteiger partial charge < -0.3 is 4.90 Å². The molecule has 1 rings (SSSR count). The van der Waals surface area contributed by atoms with Gasteiger partial charge in [-0.05, 0) is 12.1 Å². The second-order valence-corrected chi connectivity index (χ2v) is 2.23. The maximum atomic E-state index is 2.08. The normalized spacial score (nSPS) is 8.20. The monoisotopic (exact) mass is 323 g/mol. The Morgan fingerprint density at radius 3 is 1.80 bits per heavy atom. The number of hydrogen-bond donors (Lipinski definition) is 0. The van der Waals surface area contributed by atoms with Crippen molar-refractivity contribution in [3.8, 4) is 0 Å². The van der Waals surface area contributed by atoms with Gasteiger partial charge in [0.15, 0.2) is 0 Å². The Bertz CT molecular complexity index is 172. The third-order valence-corrected chi connectivity index (χ3v) is 1.27. The summed E-state index contributed by atoms with van der Waals surface area (Å²) >= 11 is 0. The van der Waals surface area contributed by atoms with Crippen molar-refractivity contribution in [2.24, 2.45) is 0 Å². The summed E-state index contributed by atoms with van der Waals surface area (Å²) in [6, 6.07) is 10.3. The summed E-state index contributed by atoms with van der Waals surface area (Å²) in [5.41, 5.74) is 1.25. The van der Waals surface area contributed by atoms with Gasteiger partial charge in [0.25, 0.3) is 0 Å². The SMILES string of the molecule is CN(C)c1ccccc1.[Hg]. The average Bonchev–Trinajstić information content (AvgIpc) is 1.90. The van der Waals surface area contributed by atoms with Gasteiger partial charge in [0.05, 0.1) is 0 Å². The molecule has 0 atom stereocenters. The van der Waals surface area contributed by atoms with Crippen LogP contribution in [0, 0.1) is 0 Å². The van der Waals surface area contributed by atoms with Gasteiger partial charge in [0, 0.05) is 47.5 Å². The average molecular weight is 322 g/mol. The Labute approximate surface area is 82.6 Å². The van der Waals surface area contributed by atoms with Crippen molar-refractivity contribution in [2.75, 3.05) is 19.0 Å². The molecule has 10 heavy (non-hydrogen) atoms. The van der Waals surface area contributed by atoms with E-state index in [0.717, 1.165) is 0 Å². The van der Waals surface area contributed by atoms with Gasteiger partial charge in [0.1, 0.15) is 0 Å². The Kier molecular flexibility index (Phi) is 4.70. The summed E-state index contributed by atoms with van der Waals surface area (Å²) in [6.45, 7) is 0. The molecule has 0 heterocycles. The van der Waals surface area contributed by atoms with Crippen LogP contribution in [-0.4, -0.2) is 14.1 Å². The fourth-order valence-corrected chi connectivity index (χ4v) is 0.726. The Morgan fingerprint density at radius 1 is 1.00 bits per heavy atom. The topological polar surface area (TPSA) is 3.24 Å². The van der Waals surface area contributed by atoms with E-state index >= 15 is 0 Å². The van der Waals surface area contributed by atoms with E-state index in [9.17, 15) is 0 Å². The minimum absolute atomic E-state index is 0. The molecule has 0 amide bonds. The third kappa shape index (κ3) is 2.69. The van der Waals surface area contributed by atoms with E-state index in [1.807, 2.05) is 32.3 Å². The first-order valence-corrected chi connectivity index (χ1v) is 3.03. The smallest absolute Gasteiger partial charge is 0.0360 e. The van der Waals surface area contributed by atoms with Gasteiger partial charge >= 0.3 is 0 Å². The van der Waals surface area contributed by atoms with E-state index in [4.69, 9.17) is 0 Å². The van der Waals surface area contributed by atoms with Crippen LogP contribution in [0.4, 0.5) is 5.69 Å². The first-order chi connectivity index (χ1) is 4.30. The molecule has 50 valence electrons. The van der Waals surface area contributed by atoms with Gasteiger partial charge in [-0.3, -0.25) is 0 Å². The largest absolute Gasteiger partial charge is 0.378 e. The molecule has 0 aliphatic heterocycles. The van der Waals surface area contributed by atoms with E-state index in [0.29, 0.717) is 0 Å². The summed E-state index contributed by atoms with van der Waals surface area (Å²) in [5.74, 6) is 0. The van der Waals surface area contributed by atoms with Crippen molar-refractivity contribution < 1.29 is 27.7 Å². The van der Waals surface area contributed by atoms with Gasteiger partial charge in [0.2, 0.25) is 0 Å². The van der Waals surface area contributed by atoms with Crippen LogP contribution in [-0.2, 0) is 27.7 Å². The summed E-state index contributed by atoms with van der Waals surface area (Å²) in [5, 5.41) is 0. The van der Waals surface area contributed by atoms with Crippen LogP contribution in [0.2, 0.25) is 0 Å². The predicted octanol–water partition coefficient (Wildman–Crippen LogP) is 1.75. The minimum atomic E-state index is 0. The van der Waals surface area contributed by atoms with Crippen LogP contribution in [0.25, 0.3) is 0 Å². The predicted molar refractivity (Wildman–Crippen MR) is 40.8 cm³/mol. The maximum Gasteiger partial charge on any atom is 0.0360 e. The van der Waals surface area contributed by atoms with Crippen molar-refractivity contribution in [3.05, 3.63) is 30.3 Å². The van der Waals surface area contributed by atoms with E-state index in [1.54, 1.807) is 0 Å². The molecule has 0 saturated carbocycles. The molecule has 0 aliphatic rings. The molecule has 0 saturated heterocycles. The van der Waals surface area contributed by atoms with Gasteiger partial charge in [-0.25, -0.2) is 0 Å². The maximum absolute atomic E-state index is 2.08. The number of hydrogen-bond acceptors (Lipinski definition) is 1. The van der Waals surface area contributed by atoms with Gasteiger partial charge in [-0.2, -0.15) is 0 Å². The summed E-state index contributed by atoms with van der Waals surface area (Å²) in [6.07, 6.45) is 0. The van der Waals surface area contributed by atoms with Crippen LogP contribution in [0.5, 0.6) is 0 Å². The van der Waals surface area contributed by atoms with Crippen LogP contribution in [0.3, 0.4) is 0 Å². The molecule has 0 aliphatic carbocycles. The number of para-hydroxylation sites is 1. The van der Waals surface area contributed by atoms with Crippen LogP contribution >= 0.6 is 0 Å². The zero-order valence-corrected chi connectivity index (χ0v) is 12.0. The van der Waals surface area contributed by atoms with E-state index < -0.39 is 0 Å². The molecule has 2 heteroatoms. The van der Waals surface area contributed by atoms with Crippen LogP contribution in [0.15, 0.2) is 30.3 Å². The molecule has 0 radical (unpaired) electrons. The molecular weight excluding hydrogens is 311 g/mol. The zero-order valence-electron chi connectivity index (χ0n) is 6.54. The molecule has 0 bridgehead atoms. The second-order valence-electron chi connectivity index (χ2n) is 2.23. The number of benzene rings is 1. The fraction of sp³-hybridized carbons (Fsp3) is 0.250. The summed E-state index contributed by atoms with van der Waals surface area (Å²) in [7, 11) is 4.07. The van der Waals surface area contributed by atoms with E-state index in [2.05, 4.69) is 17.0 Å². The summed E-state index contributed by atoms with van der Waals surface area (Å²) in [4.78, 5) is 2.08. The quantitative estimate of drug-likeness (QED) is 0.712. The Hall–Kier alpha value is -0.0449. The minimum Gasteiger partial charge on any atom is -0.378 e. The van der Waals surface area contributed by atoms with E-state index in [-0.39, 0.29) is 27.7 Å².